The highest BCUT2D eigenvalue weighted by Gasteiger charge is 2.37. The number of aliphatic hydroxyl groups is 1. The number of benzene rings is 2. The summed E-state index contributed by atoms with van der Waals surface area (Å²) in [6.45, 7) is 7.32. The maximum Gasteiger partial charge on any atom is 0.189 e. The van der Waals surface area contributed by atoms with Gasteiger partial charge in [-0.05, 0) is 69.7 Å². The maximum atomic E-state index is 12.7. The lowest BCUT2D eigenvalue weighted by Crippen LogP contribution is -2.39. The Hall–Kier alpha value is -3.05. The molecule has 0 spiro atoms. The summed E-state index contributed by atoms with van der Waals surface area (Å²) >= 11 is 0. The van der Waals surface area contributed by atoms with Crippen molar-refractivity contribution >= 4 is 17.9 Å². The van der Waals surface area contributed by atoms with Crippen LogP contribution in [-0.2, 0) is 6.42 Å². The van der Waals surface area contributed by atoms with Gasteiger partial charge in [-0.3, -0.25) is 4.79 Å². The average molecular weight is 406 g/mol. The molecule has 2 aromatic carbocycles. The van der Waals surface area contributed by atoms with Crippen molar-refractivity contribution in [3.63, 3.8) is 0 Å². The molecule has 5 heteroatoms. The van der Waals surface area contributed by atoms with Crippen LogP contribution in [0.1, 0.15) is 54.7 Å². The highest BCUT2D eigenvalue weighted by molar-refractivity contribution is 6.09. The number of carbonyl (C=O) groups is 1. The number of aromatic hydroxyl groups is 1. The third-order valence-electron chi connectivity index (χ3n) is 5.45. The van der Waals surface area contributed by atoms with E-state index in [4.69, 9.17) is 9.47 Å². The molecule has 0 saturated heterocycles. The first-order valence-corrected chi connectivity index (χ1v) is 10.0. The van der Waals surface area contributed by atoms with Crippen LogP contribution in [0.2, 0.25) is 0 Å². The van der Waals surface area contributed by atoms with Crippen LogP contribution in [0.5, 0.6) is 17.2 Å². The smallest absolute Gasteiger partial charge is 0.189 e. The van der Waals surface area contributed by atoms with Crippen LogP contribution in [0.15, 0.2) is 42.5 Å². The van der Waals surface area contributed by atoms with Crippen LogP contribution in [0.25, 0.3) is 12.2 Å². The van der Waals surface area contributed by atoms with Crippen molar-refractivity contribution in [3.05, 3.63) is 64.7 Å². The van der Waals surface area contributed by atoms with E-state index in [0.29, 0.717) is 17.7 Å². The molecule has 0 aliphatic carbocycles. The van der Waals surface area contributed by atoms with Gasteiger partial charge in [0.1, 0.15) is 29.0 Å². The van der Waals surface area contributed by atoms with Gasteiger partial charge >= 0.3 is 0 Å². The zero-order valence-corrected chi connectivity index (χ0v) is 17.6. The molecule has 4 rings (SSSR count). The Morgan fingerprint density at radius 2 is 1.93 bits per heavy atom. The van der Waals surface area contributed by atoms with Gasteiger partial charge in [0.25, 0.3) is 0 Å². The number of hydrogen-bond acceptors (Lipinski definition) is 5. The number of ketones is 1. The van der Waals surface area contributed by atoms with Crippen LogP contribution in [0, 0.1) is 0 Å². The van der Waals surface area contributed by atoms with Gasteiger partial charge in [0.05, 0.1) is 11.2 Å². The van der Waals surface area contributed by atoms with Crippen LogP contribution in [0.4, 0.5) is 0 Å². The van der Waals surface area contributed by atoms with Crippen molar-refractivity contribution in [2.75, 3.05) is 0 Å². The number of phenolic OH excluding ortho intramolecular Hbond substituents is 1. The first kappa shape index (κ1) is 20.2. The van der Waals surface area contributed by atoms with Gasteiger partial charge < -0.3 is 19.7 Å². The second-order valence-electron chi connectivity index (χ2n) is 8.94. The van der Waals surface area contributed by atoms with Gasteiger partial charge in [-0.15, -0.1) is 0 Å². The van der Waals surface area contributed by atoms with E-state index in [1.165, 1.54) is 6.08 Å². The summed E-state index contributed by atoms with van der Waals surface area (Å²) in [6, 6.07) is 8.97. The summed E-state index contributed by atoms with van der Waals surface area (Å²) in [5.74, 6) is 0.929. The highest BCUT2D eigenvalue weighted by Crippen LogP contribution is 2.40. The number of fused-ring (bicyclic) bond motifs is 2. The lowest BCUT2D eigenvalue weighted by atomic mass is 9.95. The molecule has 0 fully saturated rings. The molecule has 2 aromatic rings. The second kappa shape index (κ2) is 7.03. The molecular formula is C25H26O5. The topological polar surface area (TPSA) is 76.0 Å². The van der Waals surface area contributed by atoms with Gasteiger partial charge in [0.15, 0.2) is 5.78 Å². The number of phenols is 1. The minimum atomic E-state index is -1.05. The number of allylic oxidation sites excluding steroid dienone is 1. The molecule has 5 nitrogen and oxygen atoms in total. The van der Waals surface area contributed by atoms with E-state index in [-0.39, 0.29) is 22.7 Å². The van der Waals surface area contributed by atoms with E-state index in [1.54, 1.807) is 32.1 Å². The lowest BCUT2D eigenvalue weighted by Gasteiger charge is -2.27. The summed E-state index contributed by atoms with van der Waals surface area (Å²) < 4.78 is 11.6. The molecule has 2 heterocycles. The average Bonchev–Trinajstić information content (AvgIpc) is 3.11. The fourth-order valence-electron chi connectivity index (χ4n) is 3.66. The van der Waals surface area contributed by atoms with E-state index >= 15 is 0 Å². The van der Waals surface area contributed by atoms with Gasteiger partial charge in [-0.1, -0.05) is 18.2 Å². The molecule has 0 saturated carbocycles. The van der Waals surface area contributed by atoms with Gasteiger partial charge in [-0.2, -0.15) is 0 Å². The standard InChI is InChI=1S/C25H26O5/c1-24(2)12-11-16-13-15(6-9-20(16)30-24)5-8-19(26)17-7-10-21-18(23(17)27)14-22(29-21)25(3,4)28/h5-13,22,27-28H,14H2,1-4H3/b8-5+/t22-/m1/s1. The van der Waals surface area contributed by atoms with Crippen molar-refractivity contribution in [1.29, 1.82) is 0 Å². The summed E-state index contributed by atoms with van der Waals surface area (Å²) in [7, 11) is 0. The van der Waals surface area contributed by atoms with Crippen molar-refractivity contribution in [2.24, 2.45) is 0 Å². The minimum absolute atomic E-state index is 0.0853. The van der Waals surface area contributed by atoms with Crippen molar-refractivity contribution in [1.82, 2.24) is 0 Å². The molecule has 30 heavy (non-hydrogen) atoms. The minimum Gasteiger partial charge on any atom is -0.507 e. The summed E-state index contributed by atoms with van der Waals surface area (Å²) in [5, 5.41) is 20.8. The van der Waals surface area contributed by atoms with E-state index in [0.717, 1.165) is 16.9 Å². The molecule has 156 valence electrons. The molecule has 2 N–H and O–H groups in total. The Kier molecular flexibility index (Phi) is 4.74. The van der Waals surface area contributed by atoms with E-state index < -0.39 is 11.7 Å². The predicted molar refractivity (Wildman–Crippen MR) is 116 cm³/mol. The third kappa shape index (κ3) is 3.85. The van der Waals surface area contributed by atoms with E-state index in [1.807, 2.05) is 44.2 Å². The number of rotatable bonds is 4. The van der Waals surface area contributed by atoms with Crippen molar-refractivity contribution < 1.29 is 24.5 Å². The predicted octanol–water partition coefficient (Wildman–Crippen LogP) is 4.55. The van der Waals surface area contributed by atoms with Crippen LogP contribution >= 0.6 is 0 Å². The van der Waals surface area contributed by atoms with Crippen molar-refractivity contribution in [2.45, 2.75) is 51.4 Å². The fraction of sp³-hybridized carbons (Fsp3) is 0.320. The number of hydrogen-bond donors (Lipinski definition) is 2. The molecule has 2 aliphatic heterocycles. The molecular weight excluding hydrogens is 380 g/mol. The highest BCUT2D eigenvalue weighted by atomic mass is 16.5. The number of ether oxygens (including phenoxy) is 2. The quantitative estimate of drug-likeness (QED) is 0.576. The van der Waals surface area contributed by atoms with Crippen molar-refractivity contribution in [3.8, 4) is 17.2 Å². The van der Waals surface area contributed by atoms with E-state index in [2.05, 4.69) is 0 Å². The Labute approximate surface area is 176 Å². The zero-order valence-electron chi connectivity index (χ0n) is 17.6. The second-order valence-corrected chi connectivity index (χ2v) is 8.94. The summed E-state index contributed by atoms with van der Waals surface area (Å²) in [6.07, 6.45) is 7.07. The molecule has 0 amide bonds. The first-order chi connectivity index (χ1) is 14.0. The molecule has 1 atom stereocenters. The van der Waals surface area contributed by atoms with Crippen LogP contribution in [0.3, 0.4) is 0 Å². The Morgan fingerprint density at radius 1 is 1.20 bits per heavy atom. The maximum absolute atomic E-state index is 12.7. The Balaban J connectivity index is 1.54. The molecule has 0 radical (unpaired) electrons. The SMILES string of the molecule is CC1(C)C=Cc2cc(/C=C/C(=O)c3ccc4c(c3O)C[C@H](C(C)(C)O)O4)ccc2O1. The third-order valence-corrected chi connectivity index (χ3v) is 5.45. The first-order valence-electron chi connectivity index (χ1n) is 10.0. The monoisotopic (exact) mass is 406 g/mol. The number of carbonyl (C=O) groups excluding carboxylic acids is 1. The van der Waals surface area contributed by atoms with E-state index in [9.17, 15) is 15.0 Å². The van der Waals surface area contributed by atoms with Crippen LogP contribution < -0.4 is 9.47 Å². The van der Waals surface area contributed by atoms with Gasteiger partial charge in [-0.25, -0.2) is 0 Å². The Bertz CT molecular complexity index is 1070. The molecule has 0 aromatic heterocycles. The lowest BCUT2D eigenvalue weighted by molar-refractivity contribution is -0.0229. The normalized spacial score (nSPS) is 19.2. The Morgan fingerprint density at radius 3 is 2.67 bits per heavy atom. The summed E-state index contributed by atoms with van der Waals surface area (Å²) in [4.78, 5) is 12.7. The van der Waals surface area contributed by atoms with Crippen LogP contribution in [-0.4, -0.2) is 33.3 Å². The largest absolute Gasteiger partial charge is 0.507 e. The molecule has 0 unspecified atom stereocenters. The fourth-order valence-corrected chi connectivity index (χ4v) is 3.66. The zero-order chi connectivity index (χ0) is 21.7. The molecule has 0 bridgehead atoms. The van der Waals surface area contributed by atoms with Gasteiger partial charge in [0, 0.05) is 17.5 Å². The molecule has 2 aliphatic rings. The van der Waals surface area contributed by atoms with Gasteiger partial charge in [0.2, 0.25) is 0 Å². The summed E-state index contributed by atoms with van der Waals surface area (Å²) in [5.41, 5.74) is 1.21.